The van der Waals surface area contributed by atoms with E-state index < -0.39 is 11.7 Å². The minimum atomic E-state index is -0.712. The molecule has 24 heavy (non-hydrogen) atoms. The van der Waals surface area contributed by atoms with Crippen LogP contribution in [0.4, 0.5) is 4.39 Å². The highest BCUT2D eigenvalue weighted by Gasteiger charge is 2.35. The van der Waals surface area contributed by atoms with Crippen LogP contribution < -0.4 is 0 Å². The topological polar surface area (TPSA) is 34.1 Å². The van der Waals surface area contributed by atoms with Gasteiger partial charge in [0.2, 0.25) is 0 Å². The number of rotatable bonds is 3. The number of carbonyl (C=O) groups excluding carboxylic acids is 2. The smallest absolute Gasteiger partial charge is 0.160 e. The van der Waals surface area contributed by atoms with E-state index in [1.54, 1.807) is 12.1 Å². The molecule has 1 fully saturated rings. The lowest BCUT2D eigenvalue weighted by molar-refractivity contribution is -0.123. The molecule has 2 aromatic rings. The highest BCUT2D eigenvalue weighted by atomic mass is 35.5. The minimum absolute atomic E-state index is 0.0460. The number of Topliss-reactive ketones (excluding diaryl/α,β-unsaturated/α-hetero) is 2. The van der Waals surface area contributed by atoms with E-state index in [2.05, 4.69) is 0 Å². The van der Waals surface area contributed by atoms with Crippen LogP contribution in [0.2, 0.25) is 10.0 Å². The first-order chi connectivity index (χ1) is 11.4. The van der Waals surface area contributed by atoms with Crippen LogP contribution in [-0.2, 0) is 16.0 Å². The number of hydrogen-bond donors (Lipinski definition) is 0. The van der Waals surface area contributed by atoms with Gasteiger partial charge in [-0.1, -0.05) is 48.3 Å². The molecular weight excluding hydrogens is 350 g/mol. The van der Waals surface area contributed by atoms with E-state index >= 15 is 0 Å². The Morgan fingerprint density at radius 1 is 1.08 bits per heavy atom. The number of aryl methyl sites for hydroxylation is 1. The Labute approximate surface area is 149 Å². The van der Waals surface area contributed by atoms with Crippen LogP contribution in [0, 0.1) is 5.82 Å². The molecule has 0 unspecified atom stereocenters. The monoisotopic (exact) mass is 364 g/mol. The third-order valence-corrected chi connectivity index (χ3v) is 5.11. The molecule has 0 radical (unpaired) electrons. The number of carbonyl (C=O) groups is 2. The molecule has 1 saturated carbocycles. The second-order valence-corrected chi connectivity index (χ2v) is 6.64. The van der Waals surface area contributed by atoms with Gasteiger partial charge in [0.25, 0.3) is 0 Å². The fourth-order valence-corrected chi connectivity index (χ4v) is 3.64. The summed E-state index contributed by atoms with van der Waals surface area (Å²) in [6, 6.07) is 8.54. The predicted octanol–water partition coefficient (Wildman–Crippen LogP) is 5.38. The summed E-state index contributed by atoms with van der Waals surface area (Å²) < 4.78 is 14.0. The minimum Gasteiger partial charge on any atom is -0.299 e. The van der Waals surface area contributed by atoms with Crippen molar-refractivity contribution < 1.29 is 14.0 Å². The molecule has 0 N–H and O–H groups in total. The van der Waals surface area contributed by atoms with Crippen molar-refractivity contribution >= 4 is 34.8 Å². The molecule has 0 amide bonds. The van der Waals surface area contributed by atoms with Crippen molar-refractivity contribution in [1.29, 1.82) is 0 Å². The van der Waals surface area contributed by atoms with Crippen molar-refractivity contribution in [2.45, 2.75) is 32.1 Å². The molecule has 0 spiro atoms. The van der Waals surface area contributed by atoms with Gasteiger partial charge >= 0.3 is 0 Å². The van der Waals surface area contributed by atoms with E-state index in [-0.39, 0.29) is 34.5 Å². The Bertz CT molecular complexity index is 830. The first kappa shape index (κ1) is 17.1. The van der Waals surface area contributed by atoms with Crippen LogP contribution in [0.1, 0.15) is 36.8 Å². The molecule has 0 saturated heterocycles. The second kappa shape index (κ2) is 6.66. The molecule has 3 rings (SSSR count). The zero-order valence-corrected chi connectivity index (χ0v) is 14.5. The molecule has 124 valence electrons. The number of halogens is 3. The molecule has 0 bridgehead atoms. The van der Waals surface area contributed by atoms with Gasteiger partial charge in [-0.3, -0.25) is 9.59 Å². The van der Waals surface area contributed by atoms with Gasteiger partial charge in [0.15, 0.2) is 5.82 Å². The van der Waals surface area contributed by atoms with Gasteiger partial charge in [-0.05, 0) is 35.2 Å². The van der Waals surface area contributed by atoms with Crippen molar-refractivity contribution in [1.82, 2.24) is 0 Å². The Balaban J connectivity index is 2.15. The largest absolute Gasteiger partial charge is 0.299 e. The fourth-order valence-electron chi connectivity index (χ4n) is 3.16. The molecule has 2 aromatic carbocycles. The van der Waals surface area contributed by atoms with Crippen molar-refractivity contribution in [3.05, 3.63) is 57.3 Å². The number of benzene rings is 2. The molecule has 1 aliphatic rings. The van der Waals surface area contributed by atoms with Gasteiger partial charge in [0.1, 0.15) is 17.5 Å². The van der Waals surface area contributed by atoms with Crippen LogP contribution >= 0.6 is 23.2 Å². The zero-order valence-electron chi connectivity index (χ0n) is 13.0. The summed E-state index contributed by atoms with van der Waals surface area (Å²) in [6.45, 7) is 1.97. The van der Waals surface area contributed by atoms with E-state index in [0.717, 1.165) is 5.56 Å². The summed E-state index contributed by atoms with van der Waals surface area (Å²) in [6.07, 6.45) is 1.27. The zero-order chi connectivity index (χ0) is 17.4. The average molecular weight is 365 g/mol. The Kier molecular flexibility index (Phi) is 4.75. The van der Waals surface area contributed by atoms with Gasteiger partial charge in [-0.15, -0.1) is 0 Å². The maximum Gasteiger partial charge on any atom is 0.160 e. The van der Waals surface area contributed by atoms with Crippen molar-refractivity contribution in [3.8, 4) is 11.1 Å². The first-order valence-corrected chi connectivity index (χ1v) is 8.51. The second-order valence-electron chi connectivity index (χ2n) is 5.86. The summed E-state index contributed by atoms with van der Waals surface area (Å²) >= 11 is 11.8. The van der Waals surface area contributed by atoms with Crippen molar-refractivity contribution in [2.24, 2.45) is 0 Å². The van der Waals surface area contributed by atoms with Crippen LogP contribution in [0.5, 0.6) is 0 Å². The van der Waals surface area contributed by atoms with Gasteiger partial charge in [-0.25, -0.2) is 4.39 Å². The summed E-state index contributed by atoms with van der Waals surface area (Å²) in [5, 5.41) is -0.114. The SMILES string of the molecule is CCc1ccc(-c2ccc(Cl)c(F)c2Cl)cc1C1C(=O)CCC1=O. The molecule has 1 aliphatic carbocycles. The third-order valence-electron chi connectivity index (χ3n) is 4.45. The quantitative estimate of drug-likeness (QED) is 0.541. The average Bonchev–Trinajstić information content (AvgIpc) is 2.91. The third kappa shape index (κ3) is 2.87. The Morgan fingerprint density at radius 3 is 2.38 bits per heavy atom. The van der Waals surface area contributed by atoms with Gasteiger partial charge < -0.3 is 0 Å². The predicted molar refractivity (Wildman–Crippen MR) is 93.2 cm³/mol. The summed E-state index contributed by atoms with van der Waals surface area (Å²) in [5.41, 5.74) is 2.79. The van der Waals surface area contributed by atoms with Crippen LogP contribution in [-0.4, -0.2) is 11.6 Å². The summed E-state index contributed by atoms with van der Waals surface area (Å²) in [5.74, 6) is -1.50. The summed E-state index contributed by atoms with van der Waals surface area (Å²) in [7, 11) is 0. The molecule has 2 nitrogen and oxygen atoms in total. The molecule has 5 heteroatoms. The first-order valence-electron chi connectivity index (χ1n) is 7.76. The van der Waals surface area contributed by atoms with E-state index in [4.69, 9.17) is 23.2 Å². The van der Waals surface area contributed by atoms with Crippen molar-refractivity contribution in [2.75, 3.05) is 0 Å². The molecule has 0 atom stereocenters. The maximum absolute atomic E-state index is 14.0. The lowest BCUT2D eigenvalue weighted by Gasteiger charge is -2.15. The lowest BCUT2D eigenvalue weighted by Crippen LogP contribution is -2.14. The maximum atomic E-state index is 14.0. The van der Waals surface area contributed by atoms with Crippen molar-refractivity contribution in [3.63, 3.8) is 0 Å². The summed E-state index contributed by atoms with van der Waals surface area (Å²) in [4.78, 5) is 24.3. The van der Waals surface area contributed by atoms with Crippen LogP contribution in [0.25, 0.3) is 11.1 Å². The molecule has 0 heterocycles. The van der Waals surface area contributed by atoms with Gasteiger partial charge in [-0.2, -0.15) is 0 Å². The fraction of sp³-hybridized carbons (Fsp3) is 0.263. The molecular formula is C19H15Cl2FO2. The number of hydrogen-bond acceptors (Lipinski definition) is 2. The van der Waals surface area contributed by atoms with E-state index in [0.29, 0.717) is 23.1 Å². The van der Waals surface area contributed by atoms with Crippen LogP contribution in [0.15, 0.2) is 30.3 Å². The van der Waals surface area contributed by atoms with E-state index in [9.17, 15) is 14.0 Å². The van der Waals surface area contributed by atoms with Gasteiger partial charge in [0.05, 0.1) is 10.0 Å². The lowest BCUT2D eigenvalue weighted by atomic mass is 9.88. The molecule has 0 aromatic heterocycles. The van der Waals surface area contributed by atoms with Gasteiger partial charge in [0, 0.05) is 18.4 Å². The van der Waals surface area contributed by atoms with Crippen LogP contribution in [0.3, 0.4) is 0 Å². The van der Waals surface area contributed by atoms with E-state index in [1.807, 2.05) is 19.1 Å². The Hall–Kier alpha value is -1.71. The number of ketones is 2. The Morgan fingerprint density at radius 2 is 1.75 bits per heavy atom. The molecule has 0 aliphatic heterocycles. The standard InChI is InChI=1S/C19H15Cl2FO2/c1-2-10-3-4-11(12-5-6-14(20)19(22)18(12)21)9-13(10)17-15(23)7-8-16(17)24/h3-6,9,17H,2,7-8H2,1H3. The normalized spacial score (nSPS) is 15.3. The highest BCUT2D eigenvalue weighted by Crippen LogP contribution is 2.37. The van der Waals surface area contributed by atoms with E-state index in [1.165, 1.54) is 6.07 Å². The highest BCUT2D eigenvalue weighted by molar-refractivity contribution is 6.36.